The molecule has 0 bridgehead atoms. The molecule has 25 heavy (non-hydrogen) atoms. The lowest BCUT2D eigenvalue weighted by atomic mass is 10.1. The van der Waals surface area contributed by atoms with Crippen molar-refractivity contribution < 1.29 is 0 Å². The van der Waals surface area contributed by atoms with Gasteiger partial charge in [0.15, 0.2) is 0 Å². The van der Waals surface area contributed by atoms with Crippen LogP contribution >= 0.6 is 0 Å². The fourth-order valence-corrected chi connectivity index (χ4v) is 3.35. The fourth-order valence-electron chi connectivity index (χ4n) is 3.35. The van der Waals surface area contributed by atoms with Crippen LogP contribution in [0.4, 0.5) is 11.4 Å². The van der Waals surface area contributed by atoms with E-state index < -0.39 is 0 Å². The summed E-state index contributed by atoms with van der Waals surface area (Å²) in [5, 5.41) is 7.90. The van der Waals surface area contributed by atoms with Gasteiger partial charge in [-0.25, -0.2) is 4.99 Å². The average Bonchev–Trinajstić information content (AvgIpc) is 2.94. The van der Waals surface area contributed by atoms with Crippen molar-refractivity contribution in [3.8, 4) is 0 Å². The van der Waals surface area contributed by atoms with Crippen LogP contribution < -0.4 is 10.2 Å². The van der Waals surface area contributed by atoms with Crippen LogP contribution in [-0.2, 0) is 19.9 Å². The third-order valence-electron chi connectivity index (χ3n) is 4.69. The van der Waals surface area contributed by atoms with E-state index in [1.54, 1.807) is 0 Å². The summed E-state index contributed by atoms with van der Waals surface area (Å²) >= 11 is 0. The molecule has 0 radical (unpaired) electrons. The third-order valence-corrected chi connectivity index (χ3v) is 4.69. The zero-order valence-corrected chi connectivity index (χ0v) is 15.6. The van der Waals surface area contributed by atoms with Crippen LogP contribution in [0.5, 0.6) is 0 Å². The van der Waals surface area contributed by atoms with Crippen LogP contribution in [0.2, 0.25) is 0 Å². The van der Waals surface area contributed by atoms with Crippen LogP contribution in [0, 0.1) is 0 Å². The number of aliphatic imine (C=N–C) groups is 1. The largest absolute Gasteiger partial charge is 0.372 e. The first-order chi connectivity index (χ1) is 12.1. The second-order valence-electron chi connectivity index (χ2n) is 6.30. The molecule has 0 unspecified atom stereocenters. The van der Waals surface area contributed by atoms with Gasteiger partial charge in [0.1, 0.15) is 17.2 Å². The van der Waals surface area contributed by atoms with E-state index in [2.05, 4.69) is 66.9 Å². The topological polar surface area (TPSA) is 45.4 Å². The molecule has 1 aliphatic rings. The van der Waals surface area contributed by atoms with Gasteiger partial charge in [0, 0.05) is 32.2 Å². The van der Waals surface area contributed by atoms with Crippen molar-refractivity contribution in [2.24, 2.45) is 12.0 Å². The van der Waals surface area contributed by atoms with Crippen molar-refractivity contribution in [1.82, 2.24) is 15.1 Å². The maximum absolute atomic E-state index is 4.82. The summed E-state index contributed by atoms with van der Waals surface area (Å²) in [5.41, 5.74) is 6.34. The maximum Gasteiger partial charge on any atom is 0.116 e. The molecule has 132 valence electrons. The number of amidine groups is 1. The Labute approximate surface area is 150 Å². The van der Waals surface area contributed by atoms with Gasteiger partial charge in [0.05, 0.1) is 11.4 Å². The standard InChI is InChI=1S/C20H27N5/c1-6-17-19-20(24(5)23-17)14(4)21-18(22-19)13-15-9-11-16(12-10-15)25(7-2)8-3/h9-12H,4,6-8,13H2,1-3,5H3,(H,21,22). The molecule has 0 spiro atoms. The number of hydrogen-bond acceptors (Lipinski definition) is 4. The predicted molar refractivity (Wildman–Crippen MR) is 106 cm³/mol. The van der Waals surface area contributed by atoms with Crippen LogP contribution in [0.3, 0.4) is 0 Å². The highest BCUT2D eigenvalue weighted by atomic mass is 15.3. The Morgan fingerprint density at radius 1 is 1.12 bits per heavy atom. The SMILES string of the molecule is C=C1NC(Cc2ccc(N(CC)CC)cc2)=Nc2c(CC)nn(C)c21. The highest BCUT2D eigenvalue weighted by Crippen LogP contribution is 2.32. The minimum atomic E-state index is 0.759. The lowest BCUT2D eigenvalue weighted by Gasteiger charge is -2.21. The van der Waals surface area contributed by atoms with Gasteiger partial charge in [-0.1, -0.05) is 25.6 Å². The summed E-state index contributed by atoms with van der Waals surface area (Å²) in [5.74, 6) is 0.927. The highest BCUT2D eigenvalue weighted by molar-refractivity contribution is 5.98. The Kier molecular flexibility index (Phi) is 4.93. The van der Waals surface area contributed by atoms with Gasteiger partial charge < -0.3 is 10.2 Å². The minimum absolute atomic E-state index is 0.759. The predicted octanol–water partition coefficient (Wildman–Crippen LogP) is 3.68. The van der Waals surface area contributed by atoms with Gasteiger partial charge in [0.25, 0.3) is 0 Å². The first-order valence-corrected chi connectivity index (χ1v) is 9.00. The van der Waals surface area contributed by atoms with Crippen molar-refractivity contribution in [2.45, 2.75) is 33.6 Å². The number of fused-ring (bicyclic) bond motifs is 1. The lowest BCUT2D eigenvalue weighted by molar-refractivity contribution is 0.734. The summed E-state index contributed by atoms with van der Waals surface area (Å²) in [6.07, 6.45) is 1.63. The normalized spacial score (nSPS) is 13.3. The number of anilines is 1. The third kappa shape index (κ3) is 3.31. The first kappa shape index (κ1) is 17.3. The van der Waals surface area contributed by atoms with E-state index in [1.807, 2.05) is 11.7 Å². The molecule has 1 N–H and O–H groups in total. The van der Waals surface area contributed by atoms with Gasteiger partial charge >= 0.3 is 0 Å². The molecule has 0 saturated heterocycles. The zero-order chi connectivity index (χ0) is 18.0. The number of nitrogens with zero attached hydrogens (tertiary/aromatic N) is 4. The van der Waals surface area contributed by atoms with Gasteiger partial charge in [-0.05, 0) is 38.0 Å². The highest BCUT2D eigenvalue weighted by Gasteiger charge is 2.22. The van der Waals surface area contributed by atoms with E-state index in [1.165, 1.54) is 11.3 Å². The molecule has 1 aromatic heterocycles. The fraction of sp³-hybridized carbons (Fsp3) is 0.400. The molecule has 0 fully saturated rings. The molecule has 0 atom stereocenters. The smallest absolute Gasteiger partial charge is 0.116 e. The Morgan fingerprint density at radius 3 is 2.40 bits per heavy atom. The number of hydrogen-bond donors (Lipinski definition) is 1. The molecule has 2 heterocycles. The molecule has 1 aliphatic heterocycles. The molecule has 0 saturated carbocycles. The summed E-state index contributed by atoms with van der Waals surface area (Å²) in [6.45, 7) is 12.7. The Morgan fingerprint density at radius 2 is 1.80 bits per heavy atom. The molecule has 5 nitrogen and oxygen atoms in total. The van der Waals surface area contributed by atoms with Gasteiger partial charge in [0.2, 0.25) is 0 Å². The molecule has 5 heteroatoms. The summed E-state index contributed by atoms with van der Waals surface area (Å²) in [4.78, 5) is 7.17. The molecule has 1 aromatic carbocycles. The van der Waals surface area contributed by atoms with Crippen molar-refractivity contribution in [2.75, 3.05) is 18.0 Å². The first-order valence-electron chi connectivity index (χ1n) is 9.00. The summed E-state index contributed by atoms with van der Waals surface area (Å²) < 4.78 is 1.86. The van der Waals surface area contributed by atoms with E-state index in [9.17, 15) is 0 Å². The van der Waals surface area contributed by atoms with Crippen molar-refractivity contribution in [3.63, 3.8) is 0 Å². The molecule has 0 aliphatic carbocycles. The van der Waals surface area contributed by atoms with Crippen LogP contribution in [0.1, 0.15) is 37.7 Å². The summed E-state index contributed by atoms with van der Waals surface area (Å²) in [6, 6.07) is 8.74. The Hall–Kier alpha value is -2.56. The van der Waals surface area contributed by atoms with Crippen molar-refractivity contribution >= 4 is 22.9 Å². The van der Waals surface area contributed by atoms with E-state index in [0.29, 0.717) is 0 Å². The van der Waals surface area contributed by atoms with E-state index in [4.69, 9.17) is 4.99 Å². The minimum Gasteiger partial charge on any atom is -0.372 e. The molecule has 0 amide bonds. The number of nitrogens with one attached hydrogen (secondary N) is 1. The second kappa shape index (κ2) is 7.13. The number of aryl methyl sites for hydroxylation is 2. The van der Waals surface area contributed by atoms with E-state index in [0.717, 1.165) is 54.5 Å². The van der Waals surface area contributed by atoms with Gasteiger partial charge in [-0.3, -0.25) is 4.68 Å². The Bertz CT molecular complexity index is 794. The van der Waals surface area contributed by atoms with Gasteiger partial charge in [-0.15, -0.1) is 0 Å². The van der Waals surface area contributed by atoms with E-state index >= 15 is 0 Å². The monoisotopic (exact) mass is 337 g/mol. The summed E-state index contributed by atoms with van der Waals surface area (Å²) in [7, 11) is 1.94. The zero-order valence-electron chi connectivity index (χ0n) is 15.6. The molecule has 2 aromatic rings. The molecule has 3 rings (SSSR count). The van der Waals surface area contributed by atoms with Crippen molar-refractivity contribution in [1.29, 1.82) is 0 Å². The average molecular weight is 337 g/mol. The second-order valence-corrected chi connectivity index (χ2v) is 6.30. The number of rotatable bonds is 6. The van der Waals surface area contributed by atoms with Crippen molar-refractivity contribution in [3.05, 3.63) is 47.8 Å². The maximum atomic E-state index is 4.82. The number of aromatic nitrogens is 2. The Balaban J connectivity index is 1.83. The van der Waals surface area contributed by atoms with E-state index in [-0.39, 0.29) is 0 Å². The van der Waals surface area contributed by atoms with Crippen LogP contribution in [0.15, 0.2) is 35.8 Å². The van der Waals surface area contributed by atoms with Crippen LogP contribution in [0.25, 0.3) is 5.70 Å². The number of benzene rings is 1. The molecular weight excluding hydrogens is 310 g/mol. The quantitative estimate of drug-likeness (QED) is 0.875. The van der Waals surface area contributed by atoms with Gasteiger partial charge in [-0.2, -0.15) is 5.10 Å². The van der Waals surface area contributed by atoms with Crippen LogP contribution in [-0.4, -0.2) is 28.7 Å². The lowest BCUT2D eigenvalue weighted by Crippen LogP contribution is -2.27. The molecular formula is C20H27N5.